The number of halogens is 3. The molecule has 1 nitrogen and oxygen atoms in total. The quantitative estimate of drug-likeness (QED) is 0.780. The predicted molar refractivity (Wildman–Crippen MR) is 69.1 cm³/mol. The molecule has 1 fully saturated rings. The molecule has 0 aromatic heterocycles. The molecule has 0 aliphatic heterocycles. The predicted octanol–water partition coefficient (Wildman–Crippen LogP) is 4.72. The summed E-state index contributed by atoms with van der Waals surface area (Å²) >= 11 is 3.07. The summed E-state index contributed by atoms with van der Waals surface area (Å²) in [6, 6.07) is 2.65. The molecule has 17 heavy (non-hydrogen) atoms. The summed E-state index contributed by atoms with van der Waals surface area (Å²) in [4.78, 5) is 0. The summed E-state index contributed by atoms with van der Waals surface area (Å²) in [6.07, 6.45) is 3.18. The Labute approximate surface area is 109 Å². The molecule has 0 heterocycles. The summed E-state index contributed by atoms with van der Waals surface area (Å²) in [5.41, 5.74) is 0.687. The van der Waals surface area contributed by atoms with Gasteiger partial charge in [0.2, 0.25) is 0 Å². The van der Waals surface area contributed by atoms with Crippen molar-refractivity contribution in [2.45, 2.75) is 39.2 Å². The van der Waals surface area contributed by atoms with E-state index in [9.17, 15) is 8.78 Å². The van der Waals surface area contributed by atoms with Crippen LogP contribution in [0.15, 0.2) is 16.6 Å². The topological polar surface area (TPSA) is 12.0 Å². The van der Waals surface area contributed by atoms with Gasteiger partial charge in [0.1, 0.15) is 11.6 Å². The molecule has 2 rings (SSSR count). The Balaban J connectivity index is 2.12. The Morgan fingerprint density at radius 2 is 2.00 bits per heavy atom. The number of benzene rings is 1. The van der Waals surface area contributed by atoms with E-state index in [2.05, 4.69) is 35.1 Å². The van der Waals surface area contributed by atoms with Gasteiger partial charge in [-0.25, -0.2) is 8.78 Å². The van der Waals surface area contributed by atoms with Gasteiger partial charge in [-0.05, 0) is 46.7 Å². The summed E-state index contributed by atoms with van der Waals surface area (Å²) in [5, 5.41) is 3.16. The first-order valence-electron chi connectivity index (χ1n) is 5.78. The monoisotopic (exact) mass is 303 g/mol. The van der Waals surface area contributed by atoms with Crippen LogP contribution in [-0.2, 0) is 0 Å². The molecule has 0 radical (unpaired) electrons. The lowest BCUT2D eigenvalue weighted by Crippen LogP contribution is -2.18. The van der Waals surface area contributed by atoms with Crippen molar-refractivity contribution in [3.05, 3.63) is 28.2 Å². The third kappa shape index (κ3) is 2.97. The zero-order chi connectivity index (χ0) is 12.6. The van der Waals surface area contributed by atoms with Crippen LogP contribution in [0.2, 0.25) is 0 Å². The molecular formula is C13H16BrF2N. The molecule has 1 aromatic rings. The van der Waals surface area contributed by atoms with Gasteiger partial charge in [0, 0.05) is 12.1 Å². The number of rotatable bonds is 2. The van der Waals surface area contributed by atoms with Gasteiger partial charge in [0.05, 0.1) is 10.2 Å². The molecule has 1 unspecified atom stereocenters. The molecule has 0 saturated heterocycles. The zero-order valence-corrected chi connectivity index (χ0v) is 11.6. The van der Waals surface area contributed by atoms with Crippen molar-refractivity contribution >= 4 is 21.6 Å². The fourth-order valence-corrected chi connectivity index (χ4v) is 2.76. The van der Waals surface area contributed by atoms with Crippen LogP contribution in [0.3, 0.4) is 0 Å². The summed E-state index contributed by atoms with van der Waals surface area (Å²) in [5.74, 6) is -1.10. The van der Waals surface area contributed by atoms with Crippen LogP contribution in [0.4, 0.5) is 14.5 Å². The Bertz CT molecular complexity index is 432. The van der Waals surface area contributed by atoms with Gasteiger partial charge in [0.15, 0.2) is 0 Å². The molecule has 1 atom stereocenters. The maximum atomic E-state index is 13.6. The standard InChI is InChI=1S/C13H16BrF2N/c1-13(2)4-3-8(7-13)17-12-5-9(14)10(15)6-11(12)16/h5-6,8,17H,3-4,7H2,1-2H3. The van der Waals surface area contributed by atoms with Crippen molar-refractivity contribution in [2.24, 2.45) is 5.41 Å². The van der Waals surface area contributed by atoms with Gasteiger partial charge in [-0.3, -0.25) is 0 Å². The van der Waals surface area contributed by atoms with E-state index in [1.807, 2.05) is 0 Å². The van der Waals surface area contributed by atoms with Gasteiger partial charge in [-0.1, -0.05) is 13.8 Å². The summed E-state index contributed by atoms with van der Waals surface area (Å²) in [7, 11) is 0. The van der Waals surface area contributed by atoms with E-state index in [0.29, 0.717) is 15.6 Å². The van der Waals surface area contributed by atoms with Gasteiger partial charge in [-0.15, -0.1) is 0 Å². The zero-order valence-electron chi connectivity index (χ0n) is 9.99. The van der Waals surface area contributed by atoms with Crippen LogP contribution in [0.5, 0.6) is 0 Å². The normalized spacial score (nSPS) is 22.8. The smallest absolute Gasteiger partial charge is 0.149 e. The van der Waals surface area contributed by atoms with E-state index < -0.39 is 11.6 Å². The Morgan fingerprint density at radius 3 is 2.59 bits per heavy atom. The van der Waals surface area contributed by atoms with E-state index in [1.165, 1.54) is 6.07 Å². The van der Waals surface area contributed by atoms with Gasteiger partial charge in [-0.2, -0.15) is 0 Å². The second-order valence-electron chi connectivity index (χ2n) is 5.49. The van der Waals surface area contributed by atoms with Crippen molar-refractivity contribution in [1.82, 2.24) is 0 Å². The average molecular weight is 304 g/mol. The molecule has 1 N–H and O–H groups in total. The Hall–Kier alpha value is -0.640. The molecule has 0 amide bonds. The number of nitrogens with one attached hydrogen (secondary N) is 1. The Morgan fingerprint density at radius 1 is 1.29 bits per heavy atom. The summed E-state index contributed by atoms with van der Waals surface area (Å²) < 4.78 is 26.9. The van der Waals surface area contributed by atoms with E-state index >= 15 is 0 Å². The highest BCUT2D eigenvalue weighted by Crippen LogP contribution is 2.38. The lowest BCUT2D eigenvalue weighted by Gasteiger charge is -2.19. The van der Waals surface area contributed by atoms with Crippen LogP contribution < -0.4 is 5.32 Å². The highest BCUT2D eigenvalue weighted by Gasteiger charge is 2.31. The molecule has 1 aliphatic rings. The van der Waals surface area contributed by atoms with Gasteiger partial charge >= 0.3 is 0 Å². The summed E-state index contributed by atoms with van der Waals surface area (Å²) in [6.45, 7) is 4.43. The third-order valence-corrected chi connectivity index (χ3v) is 3.95. The third-order valence-electron chi connectivity index (χ3n) is 3.34. The molecule has 1 aromatic carbocycles. The highest BCUT2D eigenvalue weighted by molar-refractivity contribution is 9.10. The minimum absolute atomic E-state index is 0.275. The van der Waals surface area contributed by atoms with Crippen molar-refractivity contribution in [3.8, 4) is 0 Å². The fraction of sp³-hybridized carbons (Fsp3) is 0.538. The van der Waals surface area contributed by atoms with E-state index in [1.54, 1.807) is 0 Å². The molecule has 94 valence electrons. The fourth-order valence-electron chi connectivity index (χ4n) is 2.41. The van der Waals surface area contributed by atoms with Gasteiger partial charge < -0.3 is 5.32 Å². The van der Waals surface area contributed by atoms with E-state index in [-0.39, 0.29) is 6.04 Å². The number of anilines is 1. The largest absolute Gasteiger partial charge is 0.380 e. The van der Waals surface area contributed by atoms with E-state index in [0.717, 1.165) is 25.3 Å². The Kier molecular flexibility index (Phi) is 3.43. The van der Waals surface area contributed by atoms with Crippen molar-refractivity contribution < 1.29 is 8.78 Å². The van der Waals surface area contributed by atoms with Gasteiger partial charge in [0.25, 0.3) is 0 Å². The minimum atomic E-state index is -0.570. The first-order valence-corrected chi connectivity index (χ1v) is 6.58. The van der Waals surface area contributed by atoms with Crippen molar-refractivity contribution in [3.63, 3.8) is 0 Å². The maximum Gasteiger partial charge on any atom is 0.149 e. The van der Waals surface area contributed by atoms with Crippen LogP contribution in [0.1, 0.15) is 33.1 Å². The molecule has 0 spiro atoms. The number of hydrogen-bond donors (Lipinski definition) is 1. The molecule has 1 aliphatic carbocycles. The van der Waals surface area contributed by atoms with Crippen LogP contribution >= 0.6 is 15.9 Å². The number of hydrogen-bond acceptors (Lipinski definition) is 1. The second-order valence-corrected chi connectivity index (χ2v) is 6.35. The van der Waals surface area contributed by atoms with Crippen LogP contribution in [0.25, 0.3) is 0 Å². The molecule has 4 heteroatoms. The minimum Gasteiger partial charge on any atom is -0.380 e. The van der Waals surface area contributed by atoms with E-state index in [4.69, 9.17) is 0 Å². The first kappa shape index (κ1) is 12.8. The molecular weight excluding hydrogens is 288 g/mol. The second kappa shape index (κ2) is 4.56. The lowest BCUT2D eigenvalue weighted by atomic mass is 9.92. The van der Waals surface area contributed by atoms with Crippen molar-refractivity contribution in [1.29, 1.82) is 0 Å². The molecule has 0 bridgehead atoms. The first-order chi connectivity index (χ1) is 7.87. The van der Waals surface area contributed by atoms with Crippen molar-refractivity contribution in [2.75, 3.05) is 5.32 Å². The lowest BCUT2D eigenvalue weighted by molar-refractivity contribution is 0.378. The maximum absolute atomic E-state index is 13.6. The van der Waals surface area contributed by atoms with Crippen LogP contribution in [0, 0.1) is 17.0 Å². The SMILES string of the molecule is CC1(C)CCC(Nc2cc(Br)c(F)cc2F)C1. The molecule has 1 saturated carbocycles. The van der Waals surface area contributed by atoms with Crippen LogP contribution in [-0.4, -0.2) is 6.04 Å². The highest BCUT2D eigenvalue weighted by atomic mass is 79.9. The average Bonchev–Trinajstić information content (AvgIpc) is 2.54.